The second-order valence-electron chi connectivity index (χ2n) is 6.69. The van der Waals surface area contributed by atoms with Gasteiger partial charge in [0.2, 0.25) is 0 Å². The molecule has 3 aromatic rings. The van der Waals surface area contributed by atoms with Crippen LogP contribution in [-0.4, -0.2) is 40.4 Å². The third-order valence-corrected chi connectivity index (χ3v) is 5.37. The summed E-state index contributed by atoms with van der Waals surface area (Å²) in [6.45, 7) is 3.11. The quantitative estimate of drug-likeness (QED) is 0.632. The molecule has 138 valence electrons. The van der Waals surface area contributed by atoms with Gasteiger partial charge in [-0.2, -0.15) is 0 Å². The van der Waals surface area contributed by atoms with E-state index in [2.05, 4.69) is 48.2 Å². The normalized spacial score (nSPS) is 15.3. The van der Waals surface area contributed by atoms with E-state index in [9.17, 15) is 4.79 Å². The SMILES string of the molecule is NC(=O)c1cccc2c(N[C@H](CN3CCC3)c3cccc(Br)c3)ncnc12. The van der Waals surface area contributed by atoms with Gasteiger partial charge >= 0.3 is 0 Å². The number of rotatable bonds is 6. The Morgan fingerprint density at radius 2 is 2.04 bits per heavy atom. The van der Waals surface area contributed by atoms with E-state index in [-0.39, 0.29) is 6.04 Å². The van der Waals surface area contributed by atoms with Gasteiger partial charge in [-0.1, -0.05) is 34.1 Å². The molecule has 1 amide bonds. The maximum Gasteiger partial charge on any atom is 0.250 e. The van der Waals surface area contributed by atoms with Crippen LogP contribution in [0.5, 0.6) is 0 Å². The van der Waals surface area contributed by atoms with Gasteiger partial charge in [-0.15, -0.1) is 0 Å². The molecular weight excluding hydrogens is 406 g/mol. The fraction of sp³-hybridized carbons (Fsp3) is 0.250. The number of carbonyl (C=O) groups excluding carboxylic acids is 1. The zero-order valence-corrected chi connectivity index (χ0v) is 16.3. The lowest BCUT2D eigenvalue weighted by Gasteiger charge is -2.35. The number of hydrogen-bond acceptors (Lipinski definition) is 5. The van der Waals surface area contributed by atoms with Gasteiger partial charge < -0.3 is 16.0 Å². The lowest BCUT2D eigenvalue weighted by molar-refractivity contribution is 0.100. The summed E-state index contributed by atoms with van der Waals surface area (Å²) >= 11 is 3.56. The number of halogens is 1. The number of fused-ring (bicyclic) bond motifs is 1. The van der Waals surface area contributed by atoms with Crippen molar-refractivity contribution in [2.24, 2.45) is 5.73 Å². The molecule has 2 aromatic carbocycles. The van der Waals surface area contributed by atoms with Crippen LogP contribution >= 0.6 is 15.9 Å². The molecule has 1 aromatic heterocycles. The first-order chi connectivity index (χ1) is 13.1. The lowest BCUT2D eigenvalue weighted by atomic mass is 10.0. The Hall–Kier alpha value is -2.51. The molecule has 0 saturated carbocycles. The standard InChI is InChI=1S/C20H20BrN5O/c21-14-5-1-4-13(10-14)17(11-26-8-3-9-26)25-20-16-7-2-6-15(19(22)27)18(16)23-12-24-20/h1-2,4-7,10,12,17H,3,8-9,11H2,(H2,22,27)(H,23,24,25)/t17-/m1/s1. The minimum absolute atomic E-state index is 0.0677. The van der Waals surface area contributed by atoms with Gasteiger partial charge in [-0.3, -0.25) is 4.79 Å². The van der Waals surface area contributed by atoms with Crippen LogP contribution in [-0.2, 0) is 0 Å². The van der Waals surface area contributed by atoms with Crippen LogP contribution in [0.3, 0.4) is 0 Å². The van der Waals surface area contributed by atoms with Crippen molar-refractivity contribution in [3.63, 3.8) is 0 Å². The maximum absolute atomic E-state index is 11.7. The van der Waals surface area contributed by atoms with Gasteiger partial charge in [-0.25, -0.2) is 9.97 Å². The van der Waals surface area contributed by atoms with E-state index in [0.717, 1.165) is 29.5 Å². The number of nitrogens with two attached hydrogens (primary N) is 1. The number of amides is 1. The second-order valence-corrected chi connectivity index (χ2v) is 7.61. The van der Waals surface area contributed by atoms with Gasteiger partial charge in [0.15, 0.2) is 0 Å². The van der Waals surface area contributed by atoms with E-state index in [0.29, 0.717) is 16.9 Å². The minimum Gasteiger partial charge on any atom is -0.366 e. The smallest absolute Gasteiger partial charge is 0.250 e. The fourth-order valence-corrected chi connectivity index (χ4v) is 3.76. The summed E-state index contributed by atoms with van der Waals surface area (Å²) in [5, 5.41) is 4.35. The van der Waals surface area contributed by atoms with E-state index in [1.54, 1.807) is 12.1 Å². The Morgan fingerprint density at radius 1 is 1.22 bits per heavy atom. The zero-order valence-electron chi connectivity index (χ0n) is 14.7. The van der Waals surface area contributed by atoms with Crippen molar-refractivity contribution in [1.29, 1.82) is 0 Å². The average molecular weight is 426 g/mol. The topological polar surface area (TPSA) is 84.1 Å². The monoisotopic (exact) mass is 425 g/mol. The Kier molecular flexibility index (Phi) is 5.05. The number of para-hydroxylation sites is 1. The molecule has 4 rings (SSSR count). The first-order valence-corrected chi connectivity index (χ1v) is 9.69. The summed E-state index contributed by atoms with van der Waals surface area (Å²) in [7, 11) is 0. The molecule has 1 aliphatic heterocycles. The van der Waals surface area contributed by atoms with Crippen molar-refractivity contribution >= 4 is 38.6 Å². The second kappa shape index (κ2) is 7.62. The van der Waals surface area contributed by atoms with Gasteiger partial charge in [-0.05, 0) is 49.3 Å². The summed E-state index contributed by atoms with van der Waals surface area (Å²) in [4.78, 5) is 22.9. The molecule has 0 spiro atoms. The lowest BCUT2D eigenvalue weighted by Crippen LogP contribution is -2.41. The Balaban J connectivity index is 1.72. The third-order valence-electron chi connectivity index (χ3n) is 4.88. The summed E-state index contributed by atoms with van der Waals surface area (Å²) in [6.07, 6.45) is 2.71. The van der Waals surface area contributed by atoms with Gasteiger partial charge in [0.25, 0.3) is 5.91 Å². The summed E-state index contributed by atoms with van der Waals surface area (Å²) in [5.74, 6) is 0.211. The van der Waals surface area contributed by atoms with E-state index in [4.69, 9.17) is 5.73 Å². The van der Waals surface area contributed by atoms with Crippen molar-refractivity contribution in [2.45, 2.75) is 12.5 Å². The number of nitrogens with zero attached hydrogens (tertiary/aromatic N) is 3. The zero-order chi connectivity index (χ0) is 18.8. The molecule has 1 fully saturated rings. The van der Waals surface area contributed by atoms with Crippen LogP contribution < -0.4 is 11.1 Å². The number of nitrogens with one attached hydrogen (secondary N) is 1. The van der Waals surface area contributed by atoms with Crippen LogP contribution in [0, 0.1) is 0 Å². The molecule has 0 radical (unpaired) electrons. The first kappa shape index (κ1) is 17.9. The Bertz CT molecular complexity index is 989. The predicted octanol–water partition coefficient (Wildman–Crippen LogP) is 3.35. The number of carbonyl (C=O) groups is 1. The molecular formula is C20H20BrN5O. The highest BCUT2D eigenvalue weighted by Crippen LogP contribution is 2.28. The highest BCUT2D eigenvalue weighted by atomic mass is 79.9. The van der Waals surface area contributed by atoms with E-state index >= 15 is 0 Å². The van der Waals surface area contributed by atoms with Crippen LogP contribution in [0.4, 0.5) is 5.82 Å². The van der Waals surface area contributed by atoms with Crippen LogP contribution in [0.2, 0.25) is 0 Å². The van der Waals surface area contributed by atoms with Crippen molar-refractivity contribution in [1.82, 2.24) is 14.9 Å². The molecule has 7 heteroatoms. The van der Waals surface area contributed by atoms with E-state index < -0.39 is 5.91 Å². The summed E-state index contributed by atoms with van der Waals surface area (Å²) < 4.78 is 1.04. The highest BCUT2D eigenvalue weighted by Gasteiger charge is 2.22. The van der Waals surface area contributed by atoms with E-state index in [1.165, 1.54) is 18.3 Å². The molecule has 6 nitrogen and oxygen atoms in total. The maximum atomic E-state index is 11.7. The fourth-order valence-electron chi connectivity index (χ4n) is 3.35. The van der Waals surface area contributed by atoms with E-state index in [1.807, 2.05) is 18.2 Å². The minimum atomic E-state index is -0.491. The molecule has 1 saturated heterocycles. The number of hydrogen-bond donors (Lipinski definition) is 2. The summed E-state index contributed by atoms with van der Waals surface area (Å²) in [6, 6.07) is 13.8. The number of anilines is 1. The summed E-state index contributed by atoms with van der Waals surface area (Å²) in [5.41, 5.74) is 7.65. The van der Waals surface area contributed by atoms with Crippen molar-refractivity contribution in [2.75, 3.05) is 25.0 Å². The predicted molar refractivity (Wildman–Crippen MR) is 110 cm³/mol. The third kappa shape index (κ3) is 3.79. The molecule has 3 N–H and O–H groups in total. The number of primary amides is 1. The number of likely N-dealkylation sites (tertiary alicyclic amines) is 1. The molecule has 27 heavy (non-hydrogen) atoms. The molecule has 0 bridgehead atoms. The van der Waals surface area contributed by atoms with Gasteiger partial charge in [0.05, 0.1) is 17.1 Å². The number of aromatic nitrogens is 2. The van der Waals surface area contributed by atoms with Crippen molar-refractivity contribution in [3.8, 4) is 0 Å². The highest BCUT2D eigenvalue weighted by molar-refractivity contribution is 9.10. The number of benzene rings is 2. The molecule has 2 heterocycles. The Morgan fingerprint density at radius 3 is 2.74 bits per heavy atom. The Labute approximate surface area is 165 Å². The molecule has 1 atom stereocenters. The molecule has 0 aliphatic carbocycles. The van der Waals surface area contributed by atoms with Crippen molar-refractivity contribution in [3.05, 3.63) is 64.4 Å². The largest absolute Gasteiger partial charge is 0.366 e. The van der Waals surface area contributed by atoms with Crippen LogP contribution in [0.15, 0.2) is 53.3 Å². The average Bonchev–Trinajstić information content (AvgIpc) is 2.63. The van der Waals surface area contributed by atoms with Gasteiger partial charge in [0, 0.05) is 16.4 Å². The van der Waals surface area contributed by atoms with Crippen LogP contribution in [0.1, 0.15) is 28.4 Å². The van der Waals surface area contributed by atoms with Crippen molar-refractivity contribution < 1.29 is 4.79 Å². The van der Waals surface area contributed by atoms with Gasteiger partial charge in [0.1, 0.15) is 12.1 Å². The first-order valence-electron chi connectivity index (χ1n) is 8.90. The molecule has 0 unspecified atom stereocenters. The molecule has 1 aliphatic rings. The van der Waals surface area contributed by atoms with Crippen LogP contribution in [0.25, 0.3) is 10.9 Å².